The summed E-state index contributed by atoms with van der Waals surface area (Å²) in [5, 5.41) is 3.85. The van der Waals surface area contributed by atoms with E-state index in [-0.39, 0.29) is 17.7 Å². The molecule has 1 saturated heterocycles. The molecular formula is C15H15BrFN3O3. The first-order chi connectivity index (χ1) is 11.0. The molecule has 0 radical (unpaired) electrons. The first-order valence-corrected chi connectivity index (χ1v) is 7.95. The number of aromatic nitrogens is 1. The molecule has 2 aromatic rings. The summed E-state index contributed by atoms with van der Waals surface area (Å²) in [7, 11) is 0. The Kier molecular flexibility index (Phi) is 4.51. The highest BCUT2D eigenvalue weighted by molar-refractivity contribution is 9.10. The minimum atomic E-state index is -0.641. The van der Waals surface area contributed by atoms with Crippen LogP contribution in [0.5, 0.6) is 5.75 Å². The number of piperidine rings is 1. The van der Waals surface area contributed by atoms with E-state index in [0.29, 0.717) is 24.7 Å². The number of benzene rings is 1. The van der Waals surface area contributed by atoms with Crippen molar-refractivity contribution in [2.75, 3.05) is 18.0 Å². The third-order valence-corrected chi connectivity index (χ3v) is 4.35. The second-order valence-electron chi connectivity index (χ2n) is 5.29. The minimum Gasteiger partial charge on any atom is -0.489 e. The molecule has 0 spiro atoms. The van der Waals surface area contributed by atoms with E-state index in [1.54, 1.807) is 6.07 Å². The first-order valence-electron chi connectivity index (χ1n) is 7.16. The van der Waals surface area contributed by atoms with Crippen LogP contribution in [0.4, 0.5) is 10.2 Å². The largest absolute Gasteiger partial charge is 0.489 e. The number of hydrogen-bond donors (Lipinski definition) is 1. The lowest BCUT2D eigenvalue weighted by Crippen LogP contribution is -2.38. The number of amides is 1. The van der Waals surface area contributed by atoms with E-state index >= 15 is 0 Å². The molecule has 2 heterocycles. The number of nitrogens with zero attached hydrogens (tertiary/aromatic N) is 2. The molecule has 1 aliphatic rings. The van der Waals surface area contributed by atoms with E-state index in [2.05, 4.69) is 21.1 Å². The van der Waals surface area contributed by atoms with Crippen LogP contribution in [-0.2, 0) is 0 Å². The fourth-order valence-corrected chi connectivity index (χ4v) is 2.82. The number of hydrogen-bond acceptors (Lipinski definition) is 5. The predicted octanol–water partition coefficient (Wildman–Crippen LogP) is 2.72. The molecule has 6 nitrogen and oxygen atoms in total. The SMILES string of the molecule is NC(=O)c1cc(N2CCC(Oc3cc(F)ccc3Br)CC2)no1. The molecule has 1 fully saturated rings. The van der Waals surface area contributed by atoms with Gasteiger partial charge < -0.3 is 19.9 Å². The third kappa shape index (κ3) is 3.64. The van der Waals surface area contributed by atoms with Crippen LogP contribution in [0.25, 0.3) is 0 Å². The van der Waals surface area contributed by atoms with Gasteiger partial charge in [0.25, 0.3) is 5.91 Å². The standard InChI is InChI=1S/C15H15BrFN3O3/c16-11-2-1-9(17)7-12(11)22-10-3-5-20(6-4-10)14-8-13(15(18)21)23-19-14/h1-2,7-8,10H,3-6H2,(H2,18,21). The average Bonchev–Trinajstić information content (AvgIpc) is 3.02. The van der Waals surface area contributed by atoms with Gasteiger partial charge in [0.15, 0.2) is 5.82 Å². The second-order valence-corrected chi connectivity index (χ2v) is 6.15. The molecule has 23 heavy (non-hydrogen) atoms. The second kappa shape index (κ2) is 6.57. The Bertz CT molecular complexity index is 714. The Morgan fingerprint density at radius 1 is 1.39 bits per heavy atom. The fraction of sp³-hybridized carbons (Fsp3) is 0.333. The molecule has 1 amide bonds. The molecule has 1 aromatic heterocycles. The molecule has 1 aliphatic heterocycles. The number of carbonyl (C=O) groups excluding carboxylic acids is 1. The summed E-state index contributed by atoms with van der Waals surface area (Å²) in [5.41, 5.74) is 5.14. The zero-order valence-electron chi connectivity index (χ0n) is 12.2. The number of primary amides is 1. The normalized spacial score (nSPS) is 15.7. The highest BCUT2D eigenvalue weighted by Gasteiger charge is 2.24. The molecule has 2 N–H and O–H groups in total. The molecule has 8 heteroatoms. The van der Waals surface area contributed by atoms with Crippen molar-refractivity contribution in [3.8, 4) is 5.75 Å². The van der Waals surface area contributed by atoms with Gasteiger partial charge in [-0.1, -0.05) is 5.16 Å². The van der Waals surface area contributed by atoms with Crippen molar-refractivity contribution < 1.29 is 18.4 Å². The monoisotopic (exact) mass is 383 g/mol. The predicted molar refractivity (Wildman–Crippen MR) is 85.0 cm³/mol. The maximum Gasteiger partial charge on any atom is 0.287 e. The smallest absolute Gasteiger partial charge is 0.287 e. The molecular weight excluding hydrogens is 369 g/mol. The van der Waals surface area contributed by atoms with Gasteiger partial charge in [0.1, 0.15) is 17.7 Å². The summed E-state index contributed by atoms with van der Waals surface area (Å²) in [6, 6.07) is 5.90. The fourth-order valence-electron chi connectivity index (χ4n) is 2.48. The molecule has 0 saturated carbocycles. The summed E-state index contributed by atoms with van der Waals surface area (Å²) in [4.78, 5) is 13.0. The topological polar surface area (TPSA) is 81.6 Å². The maximum absolute atomic E-state index is 13.3. The van der Waals surface area contributed by atoms with Crippen molar-refractivity contribution in [3.05, 3.63) is 40.3 Å². The van der Waals surface area contributed by atoms with Crippen LogP contribution in [0.2, 0.25) is 0 Å². The summed E-state index contributed by atoms with van der Waals surface area (Å²) < 4.78 is 24.8. The molecule has 3 rings (SSSR count). The van der Waals surface area contributed by atoms with Crippen molar-refractivity contribution in [1.29, 1.82) is 0 Å². The number of halogens is 2. The first kappa shape index (κ1) is 15.8. The van der Waals surface area contributed by atoms with Crippen LogP contribution in [0.15, 0.2) is 33.3 Å². The molecule has 122 valence electrons. The molecule has 0 aliphatic carbocycles. The van der Waals surface area contributed by atoms with E-state index in [1.807, 2.05) is 4.90 Å². The summed E-state index contributed by atoms with van der Waals surface area (Å²) in [6.07, 6.45) is 1.50. The van der Waals surface area contributed by atoms with E-state index in [0.717, 1.165) is 17.3 Å². The van der Waals surface area contributed by atoms with Crippen molar-refractivity contribution in [2.24, 2.45) is 5.73 Å². The number of carbonyl (C=O) groups is 1. The Hall–Kier alpha value is -2.09. The van der Waals surface area contributed by atoms with Gasteiger partial charge >= 0.3 is 0 Å². The Balaban J connectivity index is 1.59. The number of nitrogens with two attached hydrogens (primary N) is 1. The molecule has 1 aromatic carbocycles. The number of anilines is 1. The summed E-state index contributed by atoms with van der Waals surface area (Å²) in [5.74, 6) is 0.160. The quantitative estimate of drug-likeness (QED) is 0.877. The van der Waals surface area contributed by atoms with Crippen LogP contribution in [-0.4, -0.2) is 30.3 Å². The number of ether oxygens (including phenoxy) is 1. The van der Waals surface area contributed by atoms with E-state index in [9.17, 15) is 9.18 Å². The Morgan fingerprint density at radius 2 is 2.13 bits per heavy atom. The lowest BCUT2D eigenvalue weighted by atomic mass is 10.1. The van der Waals surface area contributed by atoms with Crippen molar-refractivity contribution in [2.45, 2.75) is 18.9 Å². The van der Waals surface area contributed by atoms with Crippen LogP contribution in [0, 0.1) is 5.82 Å². The molecule has 0 unspecified atom stereocenters. The zero-order chi connectivity index (χ0) is 16.4. The minimum absolute atomic E-state index is 0.00754. The van der Waals surface area contributed by atoms with E-state index < -0.39 is 5.91 Å². The third-order valence-electron chi connectivity index (χ3n) is 3.69. The van der Waals surface area contributed by atoms with Gasteiger partial charge in [-0.15, -0.1) is 0 Å². The van der Waals surface area contributed by atoms with Gasteiger partial charge in [-0.25, -0.2) is 4.39 Å². The van der Waals surface area contributed by atoms with Gasteiger partial charge in [-0.05, 0) is 28.1 Å². The Morgan fingerprint density at radius 3 is 2.78 bits per heavy atom. The zero-order valence-corrected chi connectivity index (χ0v) is 13.8. The van der Waals surface area contributed by atoms with Crippen molar-refractivity contribution >= 4 is 27.7 Å². The van der Waals surface area contributed by atoms with Crippen molar-refractivity contribution in [3.63, 3.8) is 0 Å². The maximum atomic E-state index is 13.3. The van der Waals surface area contributed by atoms with E-state index in [4.69, 9.17) is 15.0 Å². The highest BCUT2D eigenvalue weighted by Crippen LogP contribution is 2.29. The van der Waals surface area contributed by atoms with Gasteiger partial charge in [-0.2, -0.15) is 0 Å². The lowest BCUT2D eigenvalue weighted by Gasteiger charge is -2.32. The van der Waals surface area contributed by atoms with Gasteiger partial charge in [0.2, 0.25) is 5.76 Å². The van der Waals surface area contributed by atoms with Crippen LogP contribution in [0.3, 0.4) is 0 Å². The van der Waals surface area contributed by atoms with Crippen LogP contribution in [0.1, 0.15) is 23.4 Å². The molecule has 0 atom stereocenters. The van der Waals surface area contributed by atoms with Gasteiger partial charge in [-0.3, -0.25) is 4.79 Å². The van der Waals surface area contributed by atoms with Crippen molar-refractivity contribution in [1.82, 2.24) is 5.16 Å². The average molecular weight is 384 g/mol. The highest BCUT2D eigenvalue weighted by atomic mass is 79.9. The molecule has 0 bridgehead atoms. The lowest BCUT2D eigenvalue weighted by molar-refractivity contribution is 0.0965. The summed E-state index contributed by atoms with van der Waals surface area (Å²) >= 11 is 3.35. The van der Waals surface area contributed by atoms with E-state index in [1.165, 1.54) is 18.2 Å². The number of rotatable bonds is 4. The van der Waals surface area contributed by atoms with Gasteiger partial charge in [0.05, 0.1) is 4.47 Å². The Labute approximate surface area is 140 Å². The van der Waals surface area contributed by atoms with Gasteiger partial charge in [0, 0.05) is 38.1 Å². The van der Waals surface area contributed by atoms with Crippen LogP contribution < -0.4 is 15.4 Å². The summed E-state index contributed by atoms with van der Waals surface area (Å²) in [6.45, 7) is 1.39. The van der Waals surface area contributed by atoms with Crippen LogP contribution >= 0.6 is 15.9 Å².